The number of benzene rings is 1. The molecule has 0 aliphatic carbocycles. The van der Waals surface area contributed by atoms with Crippen molar-refractivity contribution in [1.82, 2.24) is 15.5 Å². The Morgan fingerprint density at radius 2 is 2.30 bits per heavy atom. The van der Waals surface area contributed by atoms with Crippen molar-refractivity contribution in [2.45, 2.75) is 6.42 Å². The molecule has 0 unspecified atom stereocenters. The third-order valence-electron chi connectivity index (χ3n) is 2.44. The van der Waals surface area contributed by atoms with Crippen molar-refractivity contribution in [3.05, 3.63) is 51.1 Å². The molecule has 0 aliphatic heterocycles. The van der Waals surface area contributed by atoms with E-state index in [2.05, 4.69) is 15.5 Å². The van der Waals surface area contributed by atoms with Crippen LogP contribution in [-0.2, 0) is 6.42 Å². The molecule has 20 heavy (non-hydrogen) atoms. The molecule has 0 atom stereocenters. The van der Waals surface area contributed by atoms with Gasteiger partial charge in [-0.3, -0.25) is 14.9 Å². The van der Waals surface area contributed by atoms with Crippen molar-refractivity contribution < 1.29 is 14.2 Å². The number of carbonyl (C=O) groups is 1. The van der Waals surface area contributed by atoms with Crippen LogP contribution in [0, 0.1) is 10.1 Å². The fourth-order valence-corrected chi connectivity index (χ4v) is 1.69. The number of hydrogen-bond acceptors (Lipinski definition) is 6. The van der Waals surface area contributed by atoms with Crippen LogP contribution in [-0.4, -0.2) is 27.5 Å². The number of amides is 1. The average Bonchev–Trinajstić information content (AvgIpc) is 2.92. The van der Waals surface area contributed by atoms with Crippen molar-refractivity contribution in [1.29, 1.82) is 0 Å². The SMILES string of the molecule is O=C(NCCc1ncno1)c1cc([N+](=O)[O-])ccc1Cl. The zero-order valence-electron chi connectivity index (χ0n) is 10.1. The van der Waals surface area contributed by atoms with Crippen molar-refractivity contribution in [3.8, 4) is 0 Å². The first-order valence-corrected chi connectivity index (χ1v) is 5.93. The van der Waals surface area contributed by atoms with Gasteiger partial charge < -0.3 is 9.84 Å². The second kappa shape index (κ2) is 6.11. The Morgan fingerprint density at radius 1 is 1.50 bits per heavy atom. The van der Waals surface area contributed by atoms with Gasteiger partial charge in [-0.25, -0.2) is 0 Å². The lowest BCUT2D eigenvalue weighted by atomic mass is 10.2. The van der Waals surface area contributed by atoms with Gasteiger partial charge in [0.05, 0.1) is 15.5 Å². The number of nitrogens with zero attached hydrogens (tertiary/aromatic N) is 3. The van der Waals surface area contributed by atoms with E-state index in [0.29, 0.717) is 12.3 Å². The van der Waals surface area contributed by atoms with Gasteiger partial charge in [0.2, 0.25) is 5.89 Å². The van der Waals surface area contributed by atoms with E-state index in [0.717, 1.165) is 6.07 Å². The quantitative estimate of drug-likeness (QED) is 0.662. The molecule has 1 heterocycles. The Balaban J connectivity index is 2.01. The van der Waals surface area contributed by atoms with Crippen LogP contribution in [0.15, 0.2) is 29.0 Å². The topological polar surface area (TPSA) is 111 Å². The minimum atomic E-state index is -0.592. The first-order chi connectivity index (χ1) is 9.58. The van der Waals surface area contributed by atoms with Gasteiger partial charge in [0.1, 0.15) is 0 Å². The van der Waals surface area contributed by atoms with Gasteiger partial charge in [0, 0.05) is 25.1 Å². The van der Waals surface area contributed by atoms with Crippen LogP contribution in [0.3, 0.4) is 0 Å². The molecule has 9 heteroatoms. The van der Waals surface area contributed by atoms with E-state index >= 15 is 0 Å². The number of carbonyl (C=O) groups excluding carboxylic acids is 1. The fourth-order valence-electron chi connectivity index (χ4n) is 1.49. The molecule has 0 spiro atoms. The van der Waals surface area contributed by atoms with Gasteiger partial charge in [-0.2, -0.15) is 4.98 Å². The minimum absolute atomic E-state index is 0.0476. The van der Waals surface area contributed by atoms with Gasteiger partial charge >= 0.3 is 0 Å². The number of halogens is 1. The summed E-state index contributed by atoms with van der Waals surface area (Å²) in [4.78, 5) is 25.7. The standard InChI is InChI=1S/C11H9ClN4O4/c12-9-2-1-7(16(18)19)5-8(9)11(17)13-4-3-10-14-6-15-20-10/h1-2,5-6H,3-4H2,(H,13,17). The number of aromatic nitrogens is 2. The molecule has 0 radical (unpaired) electrons. The van der Waals surface area contributed by atoms with Gasteiger partial charge in [-0.1, -0.05) is 16.8 Å². The van der Waals surface area contributed by atoms with E-state index in [9.17, 15) is 14.9 Å². The predicted molar refractivity (Wildman–Crippen MR) is 68.4 cm³/mol. The molecule has 0 saturated carbocycles. The van der Waals surface area contributed by atoms with E-state index in [4.69, 9.17) is 16.1 Å². The highest BCUT2D eigenvalue weighted by atomic mass is 35.5. The van der Waals surface area contributed by atoms with E-state index in [1.165, 1.54) is 18.5 Å². The van der Waals surface area contributed by atoms with Gasteiger partial charge in [-0.15, -0.1) is 0 Å². The third kappa shape index (κ3) is 3.29. The van der Waals surface area contributed by atoms with Gasteiger partial charge in [0.25, 0.3) is 11.6 Å². The van der Waals surface area contributed by atoms with Crippen LogP contribution >= 0.6 is 11.6 Å². The summed E-state index contributed by atoms with van der Waals surface area (Å²) >= 11 is 5.85. The largest absolute Gasteiger partial charge is 0.351 e. The number of rotatable bonds is 5. The van der Waals surface area contributed by atoms with Gasteiger partial charge in [-0.05, 0) is 6.07 Å². The molecule has 0 fully saturated rings. The number of non-ortho nitro benzene ring substituents is 1. The van der Waals surface area contributed by atoms with E-state index < -0.39 is 10.8 Å². The molecule has 1 aromatic carbocycles. The van der Waals surface area contributed by atoms with Gasteiger partial charge in [0.15, 0.2) is 6.33 Å². The number of nitrogens with one attached hydrogen (secondary N) is 1. The Labute approximate surface area is 117 Å². The van der Waals surface area contributed by atoms with Crippen molar-refractivity contribution in [2.75, 3.05) is 6.54 Å². The highest BCUT2D eigenvalue weighted by Gasteiger charge is 2.15. The molecule has 0 saturated heterocycles. The van der Waals surface area contributed by atoms with Crippen LogP contribution in [0.25, 0.3) is 0 Å². The van der Waals surface area contributed by atoms with Crippen LogP contribution in [0.1, 0.15) is 16.2 Å². The summed E-state index contributed by atoms with van der Waals surface area (Å²) in [6.45, 7) is 0.250. The lowest BCUT2D eigenvalue weighted by Gasteiger charge is -2.05. The normalized spacial score (nSPS) is 10.2. The van der Waals surface area contributed by atoms with E-state index in [-0.39, 0.29) is 22.8 Å². The second-order valence-electron chi connectivity index (χ2n) is 3.76. The first-order valence-electron chi connectivity index (χ1n) is 5.55. The summed E-state index contributed by atoms with van der Waals surface area (Å²) in [6.07, 6.45) is 1.62. The maximum Gasteiger partial charge on any atom is 0.270 e. The Morgan fingerprint density at radius 3 is 2.95 bits per heavy atom. The smallest absolute Gasteiger partial charge is 0.270 e. The van der Waals surface area contributed by atoms with Crippen LogP contribution in [0.5, 0.6) is 0 Å². The molecular formula is C11H9ClN4O4. The summed E-state index contributed by atoms with van der Waals surface area (Å²) < 4.78 is 4.77. The molecule has 1 N–H and O–H groups in total. The highest BCUT2D eigenvalue weighted by Crippen LogP contribution is 2.21. The molecule has 0 bridgehead atoms. The van der Waals surface area contributed by atoms with Crippen molar-refractivity contribution in [2.24, 2.45) is 0 Å². The van der Waals surface area contributed by atoms with Crippen LogP contribution < -0.4 is 5.32 Å². The number of nitro groups is 1. The number of nitro benzene ring substituents is 1. The second-order valence-corrected chi connectivity index (χ2v) is 4.17. The lowest BCUT2D eigenvalue weighted by Crippen LogP contribution is -2.26. The summed E-state index contributed by atoms with van der Waals surface area (Å²) in [5.74, 6) is -0.117. The van der Waals surface area contributed by atoms with Crippen LogP contribution in [0.4, 0.5) is 5.69 Å². The number of hydrogen-bond donors (Lipinski definition) is 1. The summed E-state index contributed by atoms with van der Waals surface area (Å²) in [6, 6.07) is 3.68. The maximum absolute atomic E-state index is 11.9. The molecule has 104 valence electrons. The Kier molecular flexibility index (Phi) is 4.26. The fraction of sp³-hybridized carbons (Fsp3) is 0.182. The molecule has 1 aromatic heterocycles. The summed E-state index contributed by atoms with van der Waals surface area (Å²) in [5.41, 5.74) is -0.150. The monoisotopic (exact) mass is 296 g/mol. The molecule has 8 nitrogen and oxygen atoms in total. The molecular weight excluding hydrogens is 288 g/mol. The zero-order valence-corrected chi connectivity index (χ0v) is 10.8. The summed E-state index contributed by atoms with van der Waals surface area (Å²) in [7, 11) is 0. The zero-order chi connectivity index (χ0) is 14.5. The molecule has 2 rings (SSSR count). The van der Waals surface area contributed by atoms with E-state index in [1.54, 1.807) is 0 Å². The minimum Gasteiger partial charge on any atom is -0.351 e. The summed E-state index contributed by atoms with van der Waals surface area (Å²) in [5, 5.41) is 16.8. The Bertz CT molecular complexity index is 629. The molecule has 0 aliphatic rings. The van der Waals surface area contributed by atoms with Crippen LogP contribution in [0.2, 0.25) is 5.02 Å². The van der Waals surface area contributed by atoms with Crippen molar-refractivity contribution in [3.63, 3.8) is 0 Å². The average molecular weight is 297 g/mol. The molecule has 1 amide bonds. The first kappa shape index (κ1) is 13.9. The maximum atomic E-state index is 11.9. The predicted octanol–water partition coefficient (Wildman–Crippen LogP) is 1.60. The van der Waals surface area contributed by atoms with Crippen molar-refractivity contribution >= 4 is 23.2 Å². The lowest BCUT2D eigenvalue weighted by molar-refractivity contribution is -0.384. The third-order valence-corrected chi connectivity index (χ3v) is 2.77. The molecule has 2 aromatic rings. The Hall–Kier alpha value is -2.48. The highest BCUT2D eigenvalue weighted by molar-refractivity contribution is 6.33. The van der Waals surface area contributed by atoms with E-state index in [1.807, 2.05) is 0 Å².